The van der Waals surface area contributed by atoms with Gasteiger partial charge in [-0.3, -0.25) is 0 Å². The van der Waals surface area contributed by atoms with Gasteiger partial charge < -0.3 is 22.4 Å². The summed E-state index contributed by atoms with van der Waals surface area (Å²) in [7, 11) is 0. The van der Waals surface area contributed by atoms with E-state index in [-0.39, 0.29) is 44.1 Å². The van der Waals surface area contributed by atoms with Crippen molar-refractivity contribution in [1.29, 1.82) is 0 Å². The van der Waals surface area contributed by atoms with E-state index in [1.165, 1.54) is 12.8 Å². The molecule has 11 heavy (non-hydrogen) atoms. The van der Waals surface area contributed by atoms with Crippen LogP contribution in [0.2, 0.25) is 0 Å². The van der Waals surface area contributed by atoms with Crippen LogP contribution in [0.1, 0.15) is 25.7 Å². The second-order valence-corrected chi connectivity index (χ2v) is 2.61. The standard InChI is InChI=1S/C6H14N2.2H2O.Pt/c7-5-3-1-2-4-6(5)8;;;/h5-6H,1-4,7-8H2;2*1H2;/p+2/t5-,6?;;;/m1.../s1. The van der Waals surface area contributed by atoms with E-state index in [0.29, 0.717) is 0 Å². The average molecular weight is 347 g/mol. The Balaban J connectivity index is -0.000000213. The van der Waals surface area contributed by atoms with Crippen LogP contribution < -0.4 is 11.5 Å². The van der Waals surface area contributed by atoms with Crippen LogP contribution in [-0.4, -0.2) is 12.1 Å². The Morgan fingerprint density at radius 3 is 1.27 bits per heavy atom. The Morgan fingerprint density at radius 1 is 0.818 bits per heavy atom. The Hall–Kier alpha value is 0.528. The molecule has 1 aliphatic rings. The summed E-state index contributed by atoms with van der Waals surface area (Å²) in [6, 6.07) is 0.562. The Bertz CT molecular complexity index is 75.0. The fourth-order valence-electron chi connectivity index (χ4n) is 1.19. The molecule has 4 nitrogen and oxygen atoms in total. The molecule has 10 N–H and O–H groups in total. The second kappa shape index (κ2) is 8.62. The molecule has 0 saturated heterocycles. The SMILES string of the molecule is NC1CCCC[C@H]1N.[OH3+].[OH3+].[Pt]. The van der Waals surface area contributed by atoms with Crippen molar-refractivity contribution in [3.63, 3.8) is 0 Å². The first-order valence-corrected chi connectivity index (χ1v) is 3.32. The minimum atomic E-state index is 0. The quantitative estimate of drug-likeness (QED) is 0.512. The monoisotopic (exact) mass is 347 g/mol. The molecule has 0 bridgehead atoms. The summed E-state index contributed by atoms with van der Waals surface area (Å²) < 4.78 is 0. The van der Waals surface area contributed by atoms with E-state index in [0.717, 1.165) is 12.8 Å². The van der Waals surface area contributed by atoms with E-state index in [9.17, 15) is 0 Å². The number of hydrogen-bond donors (Lipinski definition) is 2. The number of hydrogen-bond acceptors (Lipinski definition) is 2. The van der Waals surface area contributed by atoms with Crippen molar-refractivity contribution in [2.24, 2.45) is 11.5 Å². The van der Waals surface area contributed by atoms with Gasteiger partial charge in [-0.2, -0.15) is 0 Å². The van der Waals surface area contributed by atoms with Gasteiger partial charge in [-0.1, -0.05) is 12.8 Å². The smallest absolute Gasteiger partial charge is 0.0192 e. The van der Waals surface area contributed by atoms with Crippen molar-refractivity contribution >= 4 is 0 Å². The molecule has 1 unspecified atom stereocenters. The molecule has 0 spiro atoms. The topological polar surface area (TPSA) is 118 Å². The zero-order chi connectivity index (χ0) is 5.98. The van der Waals surface area contributed by atoms with Gasteiger partial charge in [0.25, 0.3) is 0 Å². The van der Waals surface area contributed by atoms with Gasteiger partial charge in [-0.05, 0) is 12.8 Å². The average Bonchev–Trinajstić information content (AvgIpc) is 1.77. The van der Waals surface area contributed by atoms with E-state index in [4.69, 9.17) is 11.5 Å². The zero-order valence-corrected chi connectivity index (χ0v) is 8.88. The Morgan fingerprint density at radius 2 is 1.09 bits per heavy atom. The molecule has 1 fully saturated rings. The molecular formula is C6H20N2O2Pt+2. The van der Waals surface area contributed by atoms with Gasteiger partial charge in [0.1, 0.15) is 0 Å². The zero-order valence-electron chi connectivity index (χ0n) is 6.61. The van der Waals surface area contributed by atoms with Gasteiger partial charge in [-0.15, -0.1) is 0 Å². The van der Waals surface area contributed by atoms with Crippen molar-refractivity contribution in [3.05, 3.63) is 0 Å². The van der Waals surface area contributed by atoms with E-state index in [1.54, 1.807) is 0 Å². The summed E-state index contributed by atoms with van der Waals surface area (Å²) in [6.07, 6.45) is 4.80. The predicted octanol–water partition coefficient (Wildman–Crippen LogP) is -1.63. The molecule has 0 amide bonds. The molecule has 0 aromatic heterocycles. The first kappa shape index (κ1) is 17.6. The molecule has 1 aliphatic carbocycles. The second-order valence-electron chi connectivity index (χ2n) is 2.61. The first-order valence-electron chi connectivity index (χ1n) is 3.32. The molecule has 0 aliphatic heterocycles. The van der Waals surface area contributed by atoms with Gasteiger partial charge in [0, 0.05) is 33.1 Å². The fourth-order valence-corrected chi connectivity index (χ4v) is 1.19. The maximum atomic E-state index is 5.65. The van der Waals surface area contributed by atoms with Crippen molar-refractivity contribution < 1.29 is 32.0 Å². The Kier molecular flexibility index (Phi) is 13.8. The van der Waals surface area contributed by atoms with E-state index in [1.807, 2.05) is 0 Å². The van der Waals surface area contributed by atoms with Gasteiger partial charge in [0.2, 0.25) is 0 Å². The molecule has 1 saturated carbocycles. The first-order chi connectivity index (χ1) is 3.80. The summed E-state index contributed by atoms with van der Waals surface area (Å²) >= 11 is 0. The van der Waals surface area contributed by atoms with Crippen LogP contribution in [0, 0.1) is 0 Å². The van der Waals surface area contributed by atoms with E-state index < -0.39 is 0 Å². The van der Waals surface area contributed by atoms with Crippen molar-refractivity contribution in [3.8, 4) is 0 Å². The summed E-state index contributed by atoms with van der Waals surface area (Å²) in [5.74, 6) is 0. The third-order valence-corrected chi connectivity index (χ3v) is 1.87. The summed E-state index contributed by atoms with van der Waals surface area (Å²) in [5.41, 5.74) is 11.3. The van der Waals surface area contributed by atoms with Gasteiger partial charge in [-0.25, -0.2) is 0 Å². The van der Waals surface area contributed by atoms with Gasteiger partial charge >= 0.3 is 0 Å². The van der Waals surface area contributed by atoms with Crippen LogP contribution in [-0.2, 0) is 32.0 Å². The molecule has 2 atom stereocenters. The van der Waals surface area contributed by atoms with Crippen LogP contribution in [0.3, 0.4) is 0 Å². The normalized spacial score (nSPS) is 28.9. The van der Waals surface area contributed by atoms with Crippen LogP contribution in [0.4, 0.5) is 0 Å². The molecule has 0 aromatic carbocycles. The van der Waals surface area contributed by atoms with Crippen molar-refractivity contribution in [2.75, 3.05) is 0 Å². The molecule has 0 radical (unpaired) electrons. The minimum absolute atomic E-state index is 0. The summed E-state index contributed by atoms with van der Waals surface area (Å²) in [4.78, 5) is 0. The van der Waals surface area contributed by atoms with Crippen LogP contribution in [0.5, 0.6) is 0 Å². The third-order valence-electron chi connectivity index (χ3n) is 1.87. The van der Waals surface area contributed by atoms with E-state index in [2.05, 4.69) is 0 Å². The molecular weight excluding hydrogens is 327 g/mol. The van der Waals surface area contributed by atoms with E-state index >= 15 is 0 Å². The van der Waals surface area contributed by atoms with Gasteiger partial charge in [0.05, 0.1) is 0 Å². The molecule has 0 aromatic rings. The van der Waals surface area contributed by atoms with Crippen LogP contribution >= 0.6 is 0 Å². The van der Waals surface area contributed by atoms with Crippen molar-refractivity contribution in [2.45, 2.75) is 37.8 Å². The molecule has 1 rings (SSSR count). The predicted molar refractivity (Wildman–Crippen MR) is 44.2 cm³/mol. The summed E-state index contributed by atoms with van der Waals surface area (Å²) in [6.45, 7) is 0. The third kappa shape index (κ3) is 5.76. The molecule has 5 heteroatoms. The minimum Gasteiger partial charge on any atom is -0.457 e. The van der Waals surface area contributed by atoms with Crippen molar-refractivity contribution in [1.82, 2.24) is 0 Å². The van der Waals surface area contributed by atoms with Crippen LogP contribution in [0.25, 0.3) is 0 Å². The maximum Gasteiger partial charge on any atom is 0.0192 e. The number of nitrogens with two attached hydrogens (primary N) is 2. The maximum absolute atomic E-state index is 5.65. The summed E-state index contributed by atoms with van der Waals surface area (Å²) in [5, 5.41) is 0. The fraction of sp³-hybridized carbons (Fsp3) is 1.00. The van der Waals surface area contributed by atoms with Crippen LogP contribution in [0.15, 0.2) is 0 Å². The molecule has 74 valence electrons. The Labute approximate surface area is 81.6 Å². The largest absolute Gasteiger partial charge is 0.457 e. The molecule has 0 heterocycles. The van der Waals surface area contributed by atoms with Gasteiger partial charge in [0.15, 0.2) is 0 Å². The number of rotatable bonds is 0.